The Balaban J connectivity index is 2.20. The molecule has 0 aliphatic heterocycles. The van der Waals surface area contributed by atoms with Crippen LogP contribution in [0.25, 0.3) is 16.5 Å². The third-order valence-corrected chi connectivity index (χ3v) is 3.80. The summed E-state index contributed by atoms with van der Waals surface area (Å²) in [4.78, 5) is 15.3. The molecular formula is C20H19NO3. The maximum atomic E-state index is 12.1. The van der Waals surface area contributed by atoms with Gasteiger partial charge in [-0.3, -0.25) is 0 Å². The molecule has 1 aromatic heterocycles. The molecule has 0 fully saturated rings. The molecule has 3 rings (SSSR count). The lowest BCUT2D eigenvalue weighted by Crippen LogP contribution is -2.02. The zero-order valence-corrected chi connectivity index (χ0v) is 13.7. The molecule has 0 saturated heterocycles. The summed E-state index contributed by atoms with van der Waals surface area (Å²) in [6.45, 7) is 2.13. The minimum Gasteiger partial charge on any atom is -0.496 e. The maximum absolute atomic E-state index is 12.1. The summed E-state index contributed by atoms with van der Waals surface area (Å²) in [6.07, 6.45) is 3.40. The van der Waals surface area contributed by atoms with E-state index >= 15 is 0 Å². The second kappa shape index (κ2) is 7.04. The number of ether oxygens (including phenoxy) is 2. The van der Waals surface area contributed by atoms with Crippen molar-refractivity contribution in [1.29, 1.82) is 0 Å². The van der Waals surface area contributed by atoms with Crippen molar-refractivity contribution in [2.75, 3.05) is 13.7 Å². The van der Waals surface area contributed by atoms with Gasteiger partial charge in [0.25, 0.3) is 0 Å². The van der Waals surface area contributed by atoms with Crippen molar-refractivity contribution in [2.45, 2.75) is 6.92 Å². The summed E-state index contributed by atoms with van der Waals surface area (Å²) in [5, 5.41) is 1.05. The van der Waals surface area contributed by atoms with Gasteiger partial charge in [0.1, 0.15) is 5.75 Å². The normalized spacial score (nSPS) is 11.5. The fraction of sp³-hybridized carbons (Fsp3) is 0.150. The molecule has 0 atom stereocenters. The highest BCUT2D eigenvalue weighted by Gasteiger charge is 2.15. The van der Waals surface area contributed by atoms with Crippen LogP contribution in [0.5, 0.6) is 5.75 Å². The van der Waals surface area contributed by atoms with Gasteiger partial charge in [0.15, 0.2) is 0 Å². The van der Waals surface area contributed by atoms with E-state index < -0.39 is 0 Å². The van der Waals surface area contributed by atoms with E-state index in [0.717, 1.165) is 27.6 Å². The third-order valence-electron chi connectivity index (χ3n) is 3.80. The molecule has 0 amide bonds. The molecule has 0 unspecified atom stereocenters. The van der Waals surface area contributed by atoms with E-state index in [1.54, 1.807) is 14.0 Å². The van der Waals surface area contributed by atoms with E-state index in [9.17, 15) is 4.79 Å². The molecular weight excluding hydrogens is 302 g/mol. The number of aromatic amines is 1. The van der Waals surface area contributed by atoms with Crippen LogP contribution in [0, 0.1) is 0 Å². The van der Waals surface area contributed by atoms with E-state index in [-0.39, 0.29) is 5.97 Å². The van der Waals surface area contributed by atoms with Gasteiger partial charge in [-0.2, -0.15) is 0 Å². The van der Waals surface area contributed by atoms with Crippen molar-refractivity contribution in [3.8, 4) is 5.75 Å². The number of carbonyl (C=O) groups is 1. The minimum atomic E-state index is -0.370. The molecule has 4 nitrogen and oxygen atoms in total. The first-order valence-corrected chi connectivity index (χ1v) is 7.82. The van der Waals surface area contributed by atoms with Crippen LogP contribution in [-0.4, -0.2) is 24.7 Å². The summed E-state index contributed by atoms with van der Waals surface area (Å²) in [7, 11) is 1.63. The molecule has 122 valence electrons. The van der Waals surface area contributed by atoms with Gasteiger partial charge in [-0.15, -0.1) is 0 Å². The maximum Gasteiger partial charge on any atom is 0.331 e. The molecule has 1 N–H and O–H groups in total. The fourth-order valence-corrected chi connectivity index (χ4v) is 2.70. The van der Waals surface area contributed by atoms with Crippen molar-refractivity contribution in [2.24, 2.45) is 0 Å². The Morgan fingerprint density at radius 3 is 2.67 bits per heavy atom. The molecule has 24 heavy (non-hydrogen) atoms. The van der Waals surface area contributed by atoms with Crippen molar-refractivity contribution in [3.05, 3.63) is 71.9 Å². The second-order valence-corrected chi connectivity index (χ2v) is 5.29. The molecule has 0 radical (unpaired) electrons. The number of nitrogens with one attached hydrogen (secondary N) is 1. The molecule has 1 heterocycles. The Morgan fingerprint density at radius 1 is 1.17 bits per heavy atom. The van der Waals surface area contributed by atoms with E-state index in [4.69, 9.17) is 9.47 Å². The molecule has 2 aromatic carbocycles. The molecule has 0 aliphatic carbocycles. The summed E-state index contributed by atoms with van der Waals surface area (Å²) >= 11 is 0. The van der Waals surface area contributed by atoms with Crippen molar-refractivity contribution >= 4 is 22.4 Å². The Kier molecular flexibility index (Phi) is 4.66. The highest BCUT2D eigenvalue weighted by atomic mass is 16.5. The zero-order chi connectivity index (χ0) is 16.9. The lowest BCUT2D eigenvalue weighted by molar-refractivity contribution is -0.137. The van der Waals surface area contributed by atoms with Gasteiger partial charge in [0.2, 0.25) is 0 Å². The zero-order valence-electron chi connectivity index (χ0n) is 13.7. The number of esters is 1. The monoisotopic (exact) mass is 321 g/mol. The van der Waals surface area contributed by atoms with Gasteiger partial charge in [0, 0.05) is 28.7 Å². The number of carbonyl (C=O) groups excluding carboxylic acids is 1. The molecule has 4 heteroatoms. The number of hydrogen-bond donors (Lipinski definition) is 1. The van der Waals surface area contributed by atoms with Gasteiger partial charge < -0.3 is 14.5 Å². The van der Waals surface area contributed by atoms with Crippen molar-refractivity contribution in [1.82, 2.24) is 4.98 Å². The first-order chi connectivity index (χ1) is 11.7. The summed E-state index contributed by atoms with van der Waals surface area (Å²) in [5.74, 6) is 0.339. The van der Waals surface area contributed by atoms with Crippen LogP contribution in [0.4, 0.5) is 0 Å². The van der Waals surface area contributed by atoms with Gasteiger partial charge in [-0.25, -0.2) is 4.79 Å². The molecule has 0 aliphatic rings. The van der Waals surface area contributed by atoms with Crippen LogP contribution in [-0.2, 0) is 9.53 Å². The van der Waals surface area contributed by atoms with Crippen LogP contribution in [0.15, 0.2) is 60.8 Å². The van der Waals surface area contributed by atoms with Gasteiger partial charge in [-0.05, 0) is 36.3 Å². The lowest BCUT2D eigenvalue weighted by atomic mass is 9.96. The standard InChI is InChI=1S/C20H19NO3/c1-3-24-20(22)13-16(14-7-5-4-6-8-14)17-12-18-15(9-10-21-18)11-19(17)23-2/h4-13,21H,3H2,1-2H3. The van der Waals surface area contributed by atoms with Crippen LogP contribution in [0.1, 0.15) is 18.1 Å². The van der Waals surface area contributed by atoms with Crippen LogP contribution in [0.3, 0.4) is 0 Å². The molecule has 0 spiro atoms. The minimum absolute atomic E-state index is 0.338. The Morgan fingerprint density at radius 2 is 1.96 bits per heavy atom. The van der Waals surface area contributed by atoms with E-state index in [1.165, 1.54) is 6.08 Å². The number of H-pyrrole nitrogens is 1. The quantitative estimate of drug-likeness (QED) is 0.567. The van der Waals surface area contributed by atoms with Gasteiger partial charge in [0.05, 0.1) is 13.7 Å². The fourth-order valence-electron chi connectivity index (χ4n) is 2.70. The first-order valence-electron chi connectivity index (χ1n) is 7.82. The largest absolute Gasteiger partial charge is 0.496 e. The predicted molar refractivity (Wildman–Crippen MR) is 95.0 cm³/mol. The van der Waals surface area contributed by atoms with Gasteiger partial charge in [-0.1, -0.05) is 30.3 Å². The van der Waals surface area contributed by atoms with Crippen molar-refractivity contribution < 1.29 is 14.3 Å². The van der Waals surface area contributed by atoms with Crippen LogP contribution in [0.2, 0.25) is 0 Å². The van der Waals surface area contributed by atoms with Crippen LogP contribution < -0.4 is 4.74 Å². The highest BCUT2D eigenvalue weighted by Crippen LogP contribution is 2.34. The van der Waals surface area contributed by atoms with E-state index in [0.29, 0.717) is 12.4 Å². The van der Waals surface area contributed by atoms with Gasteiger partial charge >= 0.3 is 5.97 Å². The smallest absolute Gasteiger partial charge is 0.331 e. The number of benzene rings is 2. The van der Waals surface area contributed by atoms with E-state index in [1.807, 2.05) is 54.7 Å². The predicted octanol–water partition coefficient (Wildman–Crippen LogP) is 4.17. The first kappa shape index (κ1) is 15.9. The summed E-state index contributed by atoms with van der Waals surface area (Å²) in [6, 6.07) is 15.7. The number of rotatable bonds is 5. The molecule has 0 bridgehead atoms. The Labute approximate surface area is 140 Å². The Hall–Kier alpha value is -3.01. The topological polar surface area (TPSA) is 51.3 Å². The highest BCUT2D eigenvalue weighted by molar-refractivity contribution is 5.99. The SMILES string of the molecule is CCOC(=O)C=C(c1ccccc1)c1cc2[nH]ccc2cc1OC. The second-order valence-electron chi connectivity index (χ2n) is 5.29. The number of fused-ring (bicyclic) bond motifs is 1. The van der Waals surface area contributed by atoms with Crippen LogP contribution >= 0.6 is 0 Å². The molecule has 3 aromatic rings. The average Bonchev–Trinajstić information content (AvgIpc) is 3.07. The summed E-state index contributed by atoms with van der Waals surface area (Å²) in [5.41, 5.74) is 3.51. The lowest BCUT2D eigenvalue weighted by Gasteiger charge is -2.13. The van der Waals surface area contributed by atoms with E-state index in [2.05, 4.69) is 4.98 Å². The third kappa shape index (κ3) is 3.18. The number of aromatic nitrogens is 1. The average molecular weight is 321 g/mol. The summed E-state index contributed by atoms with van der Waals surface area (Å²) < 4.78 is 10.7. The number of hydrogen-bond acceptors (Lipinski definition) is 3. The Bertz CT molecular complexity index is 878. The number of methoxy groups -OCH3 is 1. The van der Waals surface area contributed by atoms with Crippen molar-refractivity contribution in [3.63, 3.8) is 0 Å². The molecule has 0 saturated carbocycles.